The standard InChI is InChI=1S/C33H23N3O5/c34-18-22-7-4-8-23(15-22)19-36-27-16-24(25-11-13-28-29(17-25)41-20-40-28)10-12-26(27)31(32(36)33(38)39)35-30(37)14-9-21-5-2-1-3-6-21/h1-17H,19-20H2,(H,35,37)(H,38,39). The Hall–Kier alpha value is -5.81. The van der Waals surface area contributed by atoms with Crippen LogP contribution in [0.4, 0.5) is 5.69 Å². The van der Waals surface area contributed by atoms with Crippen LogP contribution in [0.2, 0.25) is 0 Å². The molecule has 0 fully saturated rings. The first kappa shape index (κ1) is 25.5. The van der Waals surface area contributed by atoms with Gasteiger partial charge in [-0.1, -0.05) is 60.7 Å². The van der Waals surface area contributed by atoms with Gasteiger partial charge in [-0.15, -0.1) is 0 Å². The summed E-state index contributed by atoms with van der Waals surface area (Å²) in [5, 5.41) is 23.1. The van der Waals surface area contributed by atoms with E-state index in [2.05, 4.69) is 11.4 Å². The van der Waals surface area contributed by atoms with Gasteiger partial charge >= 0.3 is 5.97 Å². The van der Waals surface area contributed by atoms with Crippen LogP contribution >= 0.6 is 0 Å². The zero-order valence-electron chi connectivity index (χ0n) is 21.7. The maximum absolute atomic E-state index is 13.0. The van der Waals surface area contributed by atoms with Gasteiger partial charge in [0.25, 0.3) is 0 Å². The van der Waals surface area contributed by atoms with Crippen LogP contribution in [0, 0.1) is 11.3 Å². The van der Waals surface area contributed by atoms with E-state index in [0.29, 0.717) is 28.0 Å². The molecule has 4 aromatic carbocycles. The highest BCUT2D eigenvalue weighted by molar-refractivity contribution is 6.14. The molecule has 1 aliphatic rings. The van der Waals surface area contributed by atoms with Gasteiger partial charge in [-0.05, 0) is 58.7 Å². The number of carbonyl (C=O) groups is 2. The van der Waals surface area contributed by atoms with Crippen LogP contribution in [0.15, 0.2) is 97.1 Å². The first-order valence-corrected chi connectivity index (χ1v) is 12.8. The molecule has 0 bridgehead atoms. The molecule has 2 heterocycles. The van der Waals surface area contributed by atoms with Crippen molar-refractivity contribution in [2.24, 2.45) is 0 Å². The third-order valence-corrected chi connectivity index (χ3v) is 6.84. The molecule has 200 valence electrons. The van der Waals surface area contributed by atoms with E-state index in [9.17, 15) is 20.0 Å². The van der Waals surface area contributed by atoms with Gasteiger partial charge in [0.1, 0.15) is 0 Å². The lowest BCUT2D eigenvalue weighted by Crippen LogP contribution is -2.15. The lowest BCUT2D eigenvalue weighted by atomic mass is 10.0. The Kier molecular flexibility index (Phi) is 6.68. The average molecular weight is 542 g/mol. The summed E-state index contributed by atoms with van der Waals surface area (Å²) >= 11 is 0. The number of amides is 1. The third-order valence-electron chi connectivity index (χ3n) is 6.84. The number of aromatic carboxylic acids is 1. The number of hydrogen-bond acceptors (Lipinski definition) is 5. The summed E-state index contributed by atoms with van der Waals surface area (Å²) in [4.78, 5) is 25.7. The largest absolute Gasteiger partial charge is 0.477 e. The van der Waals surface area contributed by atoms with Crippen LogP contribution in [0.1, 0.15) is 27.2 Å². The van der Waals surface area contributed by atoms with E-state index in [0.717, 1.165) is 22.3 Å². The second-order valence-electron chi connectivity index (χ2n) is 9.46. The van der Waals surface area contributed by atoms with Crippen LogP contribution < -0.4 is 14.8 Å². The maximum Gasteiger partial charge on any atom is 0.354 e. The number of hydrogen-bond donors (Lipinski definition) is 2. The molecule has 1 aromatic heterocycles. The van der Waals surface area contributed by atoms with Crippen LogP contribution in [-0.4, -0.2) is 28.3 Å². The van der Waals surface area contributed by atoms with Crippen molar-refractivity contribution in [1.82, 2.24) is 4.57 Å². The van der Waals surface area contributed by atoms with E-state index in [1.54, 1.807) is 34.9 Å². The van der Waals surface area contributed by atoms with Gasteiger partial charge in [-0.3, -0.25) is 4.79 Å². The number of fused-ring (bicyclic) bond motifs is 2. The Morgan fingerprint density at radius 1 is 0.927 bits per heavy atom. The van der Waals surface area contributed by atoms with Gasteiger partial charge in [-0.25, -0.2) is 4.79 Å². The molecule has 8 nitrogen and oxygen atoms in total. The van der Waals surface area contributed by atoms with E-state index >= 15 is 0 Å². The van der Waals surface area contributed by atoms with E-state index in [4.69, 9.17) is 9.47 Å². The smallest absolute Gasteiger partial charge is 0.354 e. The Morgan fingerprint density at radius 2 is 1.71 bits per heavy atom. The number of carboxylic acids is 1. The van der Waals surface area contributed by atoms with Crippen LogP contribution in [-0.2, 0) is 11.3 Å². The number of nitriles is 1. The van der Waals surface area contributed by atoms with Crippen molar-refractivity contribution in [2.45, 2.75) is 6.54 Å². The maximum atomic E-state index is 13.0. The molecule has 0 aliphatic carbocycles. The van der Waals surface area contributed by atoms with E-state index in [-0.39, 0.29) is 24.7 Å². The molecule has 8 heteroatoms. The first-order chi connectivity index (χ1) is 20.0. The fourth-order valence-corrected chi connectivity index (χ4v) is 4.94. The Morgan fingerprint density at radius 3 is 2.51 bits per heavy atom. The molecule has 6 rings (SSSR count). The summed E-state index contributed by atoms with van der Waals surface area (Å²) in [5.74, 6) is -0.348. The number of rotatable bonds is 7. The highest BCUT2D eigenvalue weighted by Crippen LogP contribution is 2.39. The number of nitrogens with one attached hydrogen (secondary N) is 1. The minimum absolute atomic E-state index is 0.0633. The fourth-order valence-electron chi connectivity index (χ4n) is 4.94. The summed E-state index contributed by atoms with van der Waals surface area (Å²) in [5.41, 5.74) is 4.50. The predicted octanol–water partition coefficient (Wildman–Crippen LogP) is 6.31. The Balaban J connectivity index is 1.47. The van der Waals surface area contributed by atoms with Crippen molar-refractivity contribution >= 4 is 34.5 Å². The molecule has 0 spiro atoms. The van der Waals surface area contributed by atoms with Crippen molar-refractivity contribution in [1.29, 1.82) is 5.26 Å². The summed E-state index contributed by atoms with van der Waals surface area (Å²) < 4.78 is 12.6. The predicted molar refractivity (Wildman–Crippen MR) is 155 cm³/mol. The van der Waals surface area contributed by atoms with Gasteiger partial charge in [-0.2, -0.15) is 5.26 Å². The van der Waals surface area contributed by atoms with Gasteiger partial charge in [0.05, 0.1) is 22.8 Å². The lowest BCUT2D eigenvalue weighted by Gasteiger charge is -2.11. The molecule has 0 unspecified atom stereocenters. The molecule has 41 heavy (non-hydrogen) atoms. The van der Waals surface area contributed by atoms with Crippen LogP contribution in [0.25, 0.3) is 28.1 Å². The summed E-state index contributed by atoms with van der Waals surface area (Å²) in [7, 11) is 0. The molecule has 1 aliphatic heterocycles. The highest BCUT2D eigenvalue weighted by atomic mass is 16.7. The number of ether oxygens (including phenoxy) is 2. The zero-order valence-corrected chi connectivity index (χ0v) is 21.7. The first-order valence-electron chi connectivity index (χ1n) is 12.8. The minimum Gasteiger partial charge on any atom is -0.477 e. The SMILES string of the molecule is N#Cc1cccc(Cn2c(C(=O)O)c(NC(=O)C=Cc3ccccc3)c3ccc(-c4ccc5c(c4)OCO5)cc32)c1. The monoisotopic (exact) mass is 541 g/mol. The lowest BCUT2D eigenvalue weighted by molar-refractivity contribution is -0.111. The van der Waals surface area contributed by atoms with Gasteiger partial charge in [0.2, 0.25) is 12.7 Å². The van der Waals surface area contributed by atoms with Crippen LogP contribution in [0.5, 0.6) is 11.5 Å². The summed E-state index contributed by atoms with van der Waals surface area (Å²) in [6.07, 6.45) is 3.04. The quantitative estimate of drug-likeness (QED) is 0.234. The van der Waals surface area contributed by atoms with E-state index in [1.165, 1.54) is 6.08 Å². The number of carbonyl (C=O) groups excluding carboxylic acids is 1. The van der Waals surface area contributed by atoms with E-state index in [1.807, 2.05) is 66.7 Å². The third kappa shape index (κ3) is 5.12. The van der Waals surface area contributed by atoms with Crippen molar-refractivity contribution in [3.05, 3.63) is 119 Å². The number of nitrogens with zero attached hydrogens (tertiary/aromatic N) is 2. The van der Waals surface area contributed by atoms with Gasteiger partial charge < -0.3 is 24.5 Å². The molecular formula is C33H23N3O5. The highest BCUT2D eigenvalue weighted by Gasteiger charge is 2.25. The van der Waals surface area contributed by atoms with Crippen molar-refractivity contribution < 1.29 is 24.2 Å². The Bertz CT molecular complexity index is 1880. The number of anilines is 1. The molecule has 1 amide bonds. The number of aromatic nitrogens is 1. The molecule has 2 N–H and O–H groups in total. The average Bonchev–Trinajstić information content (AvgIpc) is 3.58. The van der Waals surface area contributed by atoms with E-state index < -0.39 is 11.9 Å². The molecule has 5 aromatic rings. The zero-order chi connectivity index (χ0) is 28.3. The second kappa shape index (κ2) is 10.8. The fraction of sp³-hybridized carbons (Fsp3) is 0.0606. The van der Waals surface area contributed by atoms with Gasteiger partial charge in [0.15, 0.2) is 17.2 Å². The molecule has 0 saturated heterocycles. The number of carboxylic acid groups (broad SMARTS) is 1. The van der Waals surface area contributed by atoms with Crippen molar-refractivity contribution in [3.63, 3.8) is 0 Å². The molecule has 0 atom stereocenters. The van der Waals surface area contributed by atoms with Gasteiger partial charge in [0, 0.05) is 18.0 Å². The topological polar surface area (TPSA) is 114 Å². The minimum atomic E-state index is -1.19. The second-order valence-corrected chi connectivity index (χ2v) is 9.46. The number of benzene rings is 4. The molecule has 0 radical (unpaired) electrons. The molecule has 0 saturated carbocycles. The Labute approximate surface area is 235 Å². The van der Waals surface area contributed by atoms with Crippen molar-refractivity contribution in [2.75, 3.05) is 12.1 Å². The normalized spacial score (nSPS) is 12.0. The van der Waals surface area contributed by atoms with Crippen LogP contribution in [0.3, 0.4) is 0 Å². The summed E-state index contributed by atoms with van der Waals surface area (Å²) in [6.45, 7) is 0.333. The summed E-state index contributed by atoms with van der Waals surface area (Å²) in [6, 6.07) is 29.7. The molecular weight excluding hydrogens is 518 g/mol. The van der Waals surface area contributed by atoms with Crippen molar-refractivity contribution in [3.8, 4) is 28.7 Å².